The Balaban J connectivity index is 2.05. The molecule has 4 nitrogen and oxygen atoms in total. The molecule has 0 saturated heterocycles. The van der Waals surface area contributed by atoms with Gasteiger partial charge in [0.25, 0.3) is 0 Å². The summed E-state index contributed by atoms with van der Waals surface area (Å²) in [6.45, 7) is 3.90. The highest BCUT2D eigenvalue weighted by molar-refractivity contribution is 5.88. The molecule has 0 aliphatic carbocycles. The van der Waals surface area contributed by atoms with Gasteiger partial charge in [0.1, 0.15) is 5.75 Å². The molecule has 2 aromatic carbocycles. The van der Waals surface area contributed by atoms with Crippen LogP contribution in [0, 0.1) is 0 Å². The van der Waals surface area contributed by atoms with E-state index in [0.717, 1.165) is 5.56 Å². The molecule has 0 radical (unpaired) electrons. The molecular formula is C19H20O4. The lowest BCUT2D eigenvalue weighted by Crippen LogP contribution is -2.06. The van der Waals surface area contributed by atoms with Crippen LogP contribution in [-0.4, -0.2) is 19.2 Å². The Morgan fingerprint density at radius 2 is 1.78 bits per heavy atom. The van der Waals surface area contributed by atoms with E-state index in [0.29, 0.717) is 17.2 Å². The topological polar surface area (TPSA) is 44.8 Å². The molecule has 23 heavy (non-hydrogen) atoms. The number of benzene rings is 2. The zero-order valence-corrected chi connectivity index (χ0v) is 13.5. The van der Waals surface area contributed by atoms with Gasteiger partial charge in [-0.3, -0.25) is 0 Å². The van der Waals surface area contributed by atoms with Crippen LogP contribution in [0.4, 0.5) is 0 Å². The summed E-state index contributed by atoms with van der Waals surface area (Å²) >= 11 is 0. The summed E-state index contributed by atoms with van der Waals surface area (Å²) in [4.78, 5) is 11.8. The molecule has 0 aliphatic heterocycles. The predicted molar refractivity (Wildman–Crippen MR) is 89.9 cm³/mol. The number of hydrogen-bond acceptors (Lipinski definition) is 4. The third-order valence-electron chi connectivity index (χ3n) is 2.92. The molecule has 120 valence electrons. The summed E-state index contributed by atoms with van der Waals surface area (Å²) in [6, 6.07) is 14.4. The van der Waals surface area contributed by atoms with Crippen molar-refractivity contribution in [3.63, 3.8) is 0 Å². The number of carbonyl (C=O) groups excluding carboxylic acids is 1. The molecule has 0 unspecified atom stereocenters. The Morgan fingerprint density at radius 1 is 1.04 bits per heavy atom. The molecule has 0 heterocycles. The van der Waals surface area contributed by atoms with Gasteiger partial charge < -0.3 is 14.2 Å². The third-order valence-corrected chi connectivity index (χ3v) is 2.92. The van der Waals surface area contributed by atoms with Gasteiger partial charge in [-0.25, -0.2) is 4.79 Å². The number of hydrogen-bond donors (Lipinski definition) is 0. The van der Waals surface area contributed by atoms with E-state index in [9.17, 15) is 4.79 Å². The highest BCUT2D eigenvalue weighted by Gasteiger charge is 2.07. The van der Waals surface area contributed by atoms with Gasteiger partial charge in [0.05, 0.1) is 13.2 Å². The average Bonchev–Trinajstić information content (AvgIpc) is 2.54. The molecule has 0 atom stereocenters. The molecule has 2 rings (SSSR count). The van der Waals surface area contributed by atoms with Crippen LogP contribution in [0.5, 0.6) is 17.2 Å². The van der Waals surface area contributed by atoms with E-state index in [4.69, 9.17) is 14.2 Å². The normalized spacial score (nSPS) is 10.8. The molecule has 0 aromatic heterocycles. The first-order valence-corrected chi connectivity index (χ1v) is 7.38. The summed E-state index contributed by atoms with van der Waals surface area (Å²) < 4.78 is 16.2. The number of rotatable bonds is 6. The van der Waals surface area contributed by atoms with Gasteiger partial charge in [0.15, 0.2) is 11.5 Å². The zero-order chi connectivity index (χ0) is 16.7. The van der Waals surface area contributed by atoms with E-state index in [1.54, 1.807) is 25.3 Å². The molecule has 4 heteroatoms. The van der Waals surface area contributed by atoms with Gasteiger partial charge in [0, 0.05) is 6.08 Å². The van der Waals surface area contributed by atoms with E-state index in [2.05, 4.69) is 0 Å². The lowest BCUT2D eigenvalue weighted by molar-refractivity contribution is -0.128. The molecule has 0 saturated carbocycles. The first-order valence-electron chi connectivity index (χ1n) is 7.38. The van der Waals surface area contributed by atoms with Crippen LogP contribution in [0.3, 0.4) is 0 Å². The van der Waals surface area contributed by atoms with Gasteiger partial charge in [0.2, 0.25) is 0 Å². The smallest absolute Gasteiger partial charge is 0.336 e. The van der Waals surface area contributed by atoms with Crippen LogP contribution in [0.25, 0.3) is 6.08 Å². The maximum absolute atomic E-state index is 11.8. The van der Waals surface area contributed by atoms with Crippen LogP contribution in [0.1, 0.15) is 19.4 Å². The molecule has 0 spiro atoms. The van der Waals surface area contributed by atoms with Gasteiger partial charge in [-0.05, 0) is 49.8 Å². The maximum atomic E-state index is 11.8. The Bertz CT molecular complexity index is 675. The molecular weight excluding hydrogens is 292 g/mol. The summed E-state index contributed by atoms with van der Waals surface area (Å²) in [5.41, 5.74) is 0.822. The standard InChI is InChI=1S/C19H20O4/c1-14(2)22-17-11-9-15(13-18(17)21-3)10-12-19(20)23-16-7-5-4-6-8-16/h4-14H,1-3H3/b12-10+. The first kappa shape index (κ1) is 16.6. The molecule has 0 aliphatic rings. The summed E-state index contributed by atoms with van der Waals surface area (Å²) in [5.74, 6) is 1.38. The Hall–Kier alpha value is -2.75. The molecule has 0 fully saturated rings. The van der Waals surface area contributed by atoms with Crippen molar-refractivity contribution in [1.29, 1.82) is 0 Å². The van der Waals surface area contributed by atoms with E-state index in [1.165, 1.54) is 6.08 Å². The van der Waals surface area contributed by atoms with E-state index in [1.807, 2.05) is 50.2 Å². The third kappa shape index (κ3) is 5.18. The van der Waals surface area contributed by atoms with Gasteiger partial charge in [-0.2, -0.15) is 0 Å². The van der Waals surface area contributed by atoms with Crippen molar-refractivity contribution < 1.29 is 19.0 Å². The second kappa shape index (κ2) is 8.03. The van der Waals surface area contributed by atoms with Crippen molar-refractivity contribution in [3.05, 3.63) is 60.2 Å². The Kier molecular flexibility index (Phi) is 5.80. The van der Waals surface area contributed by atoms with Crippen LogP contribution in [-0.2, 0) is 4.79 Å². The van der Waals surface area contributed by atoms with Crippen molar-refractivity contribution >= 4 is 12.0 Å². The summed E-state index contributed by atoms with van der Waals surface area (Å²) in [5, 5.41) is 0. The van der Waals surface area contributed by atoms with Crippen molar-refractivity contribution in [1.82, 2.24) is 0 Å². The van der Waals surface area contributed by atoms with Crippen molar-refractivity contribution in [3.8, 4) is 17.2 Å². The number of para-hydroxylation sites is 1. The van der Waals surface area contributed by atoms with Crippen LogP contribution >= 0.6 is 0 Å². The minimum Gasteiger partial charge on any atom is -0.493 e. The average molecular weight is 312 g/mol. The summed E-state index contributed by atoms with van der Waals surface area (Å²) in [7, 11) is 1.58. The van der Waals surface area contributed by atoms with E-state index in [-0.39, 0.29) is 6.10 Å². The van der Waals surface area contributed by atoms with Crippen molar-refractivity contribution in [2.75, 3.05) is 7.11 Å². The maximum Gasteiger partial charge on any atom is 0.336 e. The second-order valence-electron chi connectivity index (χ2n) is 5.14. The fourth-order valence-corrected chi connectivity index (χ4v) is 1.94. The largest absolute Gasteiger partial charge is 0.493 e. The highest BCUT2D eigenvalue weighted by Crippen LogP contribution is 2.29. The van der Waals surface area contributed by atoms with Crippen molar-refractivity contribution in [2.45, 2.75) is 20.0 Å². The SMILES string of the molecule is COc1cc(/C=C/C(=O)Oc2ccccc2)ccc1OC(C)C. The van der Waals surface area contributed by atoms with Gasteiger partial charge >= 0.3 is 5.97 Å². The fraction of sp³-hybridized carbons (Fsp3) is 0.211. The lowest BCUT2D eigenvalue weighted by Gasteiger charge is -2.13. The number of ether oxygens (including phenoxy) is 3. The van der Waals surface area contributed by atoms with Crippen LogP contribution in [0.2, 0.25) is 0 Å². The van der Waals surface area contributed by atoms with Crippen LogP contribution in [0.15, 0.2) is 54.6 Å². The highest BCUT2D eigenvalue weighted by atomic mass is 16.5. The Morgan fingerprint density at radius 3 is 2.43 bits per heavy atom. The minimum atomic E-state index is -0.433. The molecule has 0 amide bonds. The zero-order valence-electron chi connectivity index (χ0n) is 13.5. The number of carbonyl (C=O) groups is 1. The van der Waals surface area contributed by atoms with Gasteiger partial charge in [-0.1, -0.05) is 24.3 Å². The monoisotopic (exact) mass is 312 g/mol. The Labute approximate surface area is 136 Å². The fourth-order valence-electron chi connectivity index (χ4n) is 1.94. The second-order valence-corrected chi connectivity index (χ2v) is 5.14. The molecule has 2 aromatic rings. The predicted octanol–water partition coefficient (Wildman–Crippen LogP) is 4.10. The van der Waals surface area contributed by atoms with Crippen LogP contribution < -0.4 is 14.2 Å². The number of esters is 1. The van der Waals surface area contributed by atoms with Crippen molar-refractivity contribution in [2.24, 2.45) is 0 Å². The number of methoxy groups -OCH3 is 1. The minimum absolute atomic E-state index is 0.0612. The molecule has 0 bridgehead atoms. The lowest BCUT2D eigenvalue weighted by atomic mass is 10.2. The van der Waals surface area contributed by atoms with E-state index < -0.39 is 5.97 Å². The first-order chi connectivity index (χ1) is 11.1. The quantitative estimate of drug-likeness (QED) is 0.457. The molecule has 0 N–H and O–H groups in total. The van der Waals surface area contributed by atoms with Gasteiger partial charge in [-0.15, -0.1) is 0 Å². The summed E-state index contributed by atoms with van der Waals surface area (Å²) in [6.07, 6.45) is 3.11. The van der Waals surface area contributed by atoms with E-state index >= 15 is 0 Å².